The molecule has 2 aliphatic rings. The summed E-state index contributed by atoms with van der Waals surface area (Å²) in [5.41, 5.74) is 1.99. The number of carbonyl (C=O) groups is 1. The average Bonchev–Trinajstić information content (AvgIpc) is 2.81. The highest BCUT2D eigenvalue weighted by atomic mass is 79.9. The van der Waals surface area contributed by atoms with Crippen molar-refractivity contribution >= 4 is 27.5 Å². The lowest BCUT2D eigenvalue weighted by atomic mass is 9.98. The summed E-state index contributed by atoms with van der Waals surface area (Å²) in [6, 6.07) is 7.73. The third-order valence-corrected chi connectivity index (χ3v) is 5.80. The van der Waals surface area contributed by atoms with Gasteiger partial charge in [0.15, 0.2) is 0 Å². The predicted octanol–water partition coefficient (Wildman–Crippen LogP) is 2.91. The first-order chi connectivity index (χ1) is 10.5. The number of rotatable bonds is 4. The van der Waals surface area contributed by atoms with Gasteiger partial charge in [-0.3, -0.25) is 9.69 Å². The van der Waals surface area contributed by atoms with Crippen molar-refractivity contribution in [3.05, 3.63) is 28.2 Å². The van der Waals surface area contributed by atoms with E-state index in [1.807, 2.05) is 25.1 Å². The van der Waals surface area contributed by atoms with Gasteiger partial charge in [-0.1, -0.05) is 15.9 Å². The minimum absolute atomic E-state index is 0.0649. The Morgan fingerprint density at radius 3 is 2.68 bits per heavy atom. The summed E-state index contributed by atoms with van der Waals surface area (Å²) in [6.45, 7) is 2.48. The number of piperidine rings is 1. The Balaban J connectivity index is 1.53. The molecule has 2 bridgehead atoms. The number of amides is 1. The fourth-order valence-electron chi connectivity index (χ4n) is 3.67. The average molecular weight is 366 g/mol. The Morgan fingerprint density at radius 1 is 1.36 bits per heavy atom. The van der Waals surface area contributed by atoms with E-state index in [-0.39, 0.29) is 5.91 Å². The van der Waals surface area contributed by atoms with E-state index < -0.39 is 0 Å². The lowest BCUT2D eigenvalue weighted by Gasteiger charge is -2.35. The predicted molar refractivity (Wildman–Crippen MR) is 93.1 cm³/mol. The highest BCUT2D eigenvalue weighted by Crippen LogP contribution is 2.29. The number of aryl methyl sites for hydroxylation is 1. The zero-order chi connectivity index (χ0) is 15.7. The molecule has 1 amide bonds. The molecule has 5 heteroatoms. The van der Waals surface area contributed by atoms with E-state index in [9.17, 15) is 4.79 Å². The van der Waals surface area contributed by atoms with Crippen LogP contribution in [0.3, 0.4) is 0 Å². The molecule has 3 rings (SSSR count). The van der Waals surface area contributed by atoms with E-state index in [1.165, 1.54) is 12.8 Å². The Hall–Kier alpha value is -0.910. The van der Waals surface area contributed by atoms with Crippen LogP contribution < -0.4 is 10.6 Å². The second-order valence-corrected chi connectivity index (χ2v) is 7.54. The maximum Gasteiger partial charge on any atom is 0.238 e. The first-order valence-corrected chi connectivity index (χ1v) is 8.83. The number of nitrogens with one attached hydrogen (secondary N) is 2. The fourth-order valence-corrected chi connectivity index (χ4v) is 3.91. The number of halogens is 1. The fraction of sp³-hybridized carbons (Fsp3) is 0.588. The second-order valence-electron chi connectivity index (χ2n) is 6.69. The quantitative estimate of drug-likeness (QED) is 0.861. The third kappa shape index (κ3) is 3.70. The first-order valence-electron chi connectivity index (χ1n) is 8.03. The molecule has 0 spiro atoms. The van der Waals surface area contributed by atoms with Crippen LogP contribution in [0.5, 0.6) is 0 Å². The van der Waals surface area contributed by atoms with Gasteiger partial charge in [0.1, 0.15) is 0 Å². The number of likely N-dealkylation sites (N-methyl/N-ethyl adjacent to an activating group) is 1. The molecule has 2 atom stereocenters. The summed E-state index contributed by atoms with van der Waals surface area (Å²) < 4.78 is 1.06. The van der Waals surface area contributed by atoms with Gasteiger partial charge < -0.3 is 10.6 Å². The number of hydrogen-bond donors (Lipinski definition) is 2. The number of anilines is 1. The SMILES string of the molecule is Cc1cc(NC(=O)CN(C)C2CC3CCC(C2)N3)ccc1Br. The minimum atomic E-state index is 0.0649. The van der Waals surface area contributed by atoms with E-state index in [0.29, 0.717) is 24.7 Å². The van der Waals surface area contributed by atoms with Crippen LogP contribution in [0.2, 0.25) is 0 Å². The zero-order valence-electron chi connectivity index (χ0n) is 13.2. The Bertz CT molecular complexity index is 551. The smallest absolute Gasteiger partial charge is 0.238 e. The molecule has 2 saturated heterocycles. The third-order valence-electron chi connectivity index (χ3n) is 4.91. The van der Waals surface area contributed by atoms with Crippen molar-refractivity contribution in [2.75, 3.05) is 18.9 Å². The van der Waals surface area contributed by atoms with Crippen LogP contribution >= 0.6 is 15.9 Å². The molecule has 2 fully saturated rings. The molecule has 2 heterocycles. The molecule has 0 aromatic heterocycles. The maximum atomic E-state index is 12.3. The number of benzene rings is 1. The molecular formula is C17H24BrN3O. The van der Waals surface area contributed by atoms with Crippen molar-refractivity contribution in [2.24, 2.45) is 0 Å². The Morgan fingerprint density at radius 2 is 2.05 bits per heavy atom. The minimum Gasteiger partial charge on any atom is -0.325 e. The zero-order valence-corrected chi connectivity index (χ0v) is 14.8. The highest BCUT2D eigenvalue weighted by Gasteiger charge is 2.35. The summed E-state index contributed by atoms with van der Waals surface area (Å²) in [5.74, 6) is 0.0649. The van der Waals surface area contributed by atoms with E-state index >= 15 is 0 Å². The van der Waals surface area contributed by atoms with Crippen LogP contribution in [0.1, 0.15) is 31.2 Å². The summed E-state index contributed by atoms with van der Waals surface area (Å²) >= 11 is 3.48. The molecule has 1 aromatic carbocycles. The lowest BCUT2D eigenvalue weighted by Crippen LogP contribution is -2.48. The monoisotopic (exact) mass is 365 g/mol. The lowest BCUT2D eigenvalue weighted by molar-refractivity contribution is -0.117. The van der Waals surface area contributed by atoms with Gasteiger partial charge in [-0.2, -0.15) is 0 Å². The summed E-state index contributed by atoms with van der Waals surface area (Å²) in [6.07, 6.45) is 4.91. The van der Waals surface area contributed by atoms with Crippen LogP contribution in [0.25, 0.3) is 0 Å². The van der Waals surface area contributed by atoms with Crippen molar-refractivity contribution in [1.82, 2.24) is 10.2 Å². The van der Waals surface area contributed by atoms with Crippen LogP contribution in [0.4, 0.5) is 5.69 Å². The summed E-state index contributed by atoms with van der Waals surface area (Å²) in [4.78, 5) is 14.5. The first kappa shape index (κ1) is 16.0. The summed E-state index contributed by atoms with van der Waals surface area (Å²) in [7, 11) is 2.07. The Labute approximate surface area is 140 Å². The van der Waals surface area contributed by atoms with Crippen LogP contribution in [0.15, 0.2) is 22.7 Å². The van der Waals surface area contributed by atoms with Gasteiger partial charge in [0.25, 0.3) is 0 Å². The molecular weight excluding hydrogens is 342 g/mol. The molecule has 0 saturated carbocycles. The van der Waals surface area contributed by atoms with Gasteiger partial charge >= 0.3 is 0 Å². The van der Waals surface area contributed by atoms with Gasteiger partial charge in [0.05, 0.1) is 6.54 Å². The van der Waals surface area contributed by atoms with Crippen molar-refractivity contribution in [3.63, 3.8) is 0 Å². The van der Waals surface area contributed by atoms with E-state index in [0.717, 1.165) is 28.6 Å². The molecule has 120 valence electrons. The van der Waals surface area contributed by atoms with Crippen molar-refractivity contribution in [1.29, 1.82) is 0 Å². The molecule has 0 radical (unpaired) electrons. The van der Waals surface area contributed by atoms with Gasteiger partial charge in [-0.15, -0.1) is 0 Å². The molecule has 2 aliphatic heterocycles. The molecule has 22 heavy (non-hydrogen) atoms. The molecule has 4 nitrogen and oxygen atoms in total. The number of nitrogens with zero attached hydrogens (tertiary/aromatic N) is 1. The van der Waals surface area contributed by atoms with E-state index in [1.54, 1.807) is 0 Å². The molecule has 2 unspecified atom stereocenters. The van der Waals surface area contributed by atoms with Gasteiger partial charge in [0.2, 0.25) is 5.91 Å². The van der Waals surface area contributed by atoms with Crippen LogP contribution in [0, 0.1) is 6.92 Å². The molecule has 2 N–H and O–H groups in total. The van der Waals surface area contributed by atoms with Crippen molar-refractivity contribution in [3.8, 4) is 0 Å². The van der Waals surface area contributed by atoms with Crippen molar-refractivity contribution in [2.45, 2.75) is 50.7 Å². The second kappa shape index (κ2) is 6.69. The topological polar surface area (TPSA) is 44.4 Å². The largest absolute Gasteiger partial charge is 0.325 e. The van der Waals surface area contributed by atoms with Crippen LogP contribution in [-0.4, -0.2) is 42.5 Å². The Kier molecular flexibility index (Phi) is 4.85. The van der Waals surface area contributed by atoms with Gasteiger partial charge in [0, 0.05) is 28.3 Å². The normalized spacial score (nSPS) is 27.2. The van der Waals surface area contributed by atoms with Crippen molar-refractivity contribution < 1.29 is 4.79 Å². The summed E-state index contributed by atoms with van der Waals surface area (Å²) in [5, 5.41) is 6.65. The number of carbonyl (C=O) groups excluding carboxylic acids is 1. The molecule has 0 aliphatic carbocycles. The standard InChI is InChI=1S/C17H24BrN3O/c1-11-7-12(5-6-16(11)18)20-17(22)10-21(2)15-8-13-3-4-14(9-15)19-13/h5-7,13-15,19H,3-4,8-10H2,1-2H3,(H,20,22). The van der Waals surface area contributed by atoms with Gasteiger partial charge in [-0.25, -0.2) is 0 Å². The van der Waals surface area contributed by atoms with Gasteiger partial charge in [-0.05, 0) is 63.4 Å². The molecule has 1 aromatic rings. The highest BCUT2D eigenvalue weighted by molar-refractivity contribution is 9.10. The number of hydrogen-bond acceptors (Lipinski definition) is 3. The van der Waals surface area contributed by atoms with E-state index in [4.69, 9.17) is 0 Å². The maximum absolute atomic E-state index is 12.3. The van der Waals surface area contributed by atoms with Crippen LogP contribution in [-0.2, 0) is 4.79 Å². The van der Waals surface area contributed by atoms with E-state index in [2.05, 4.69) is 38.5 Å². The number of fused-ring (bicyclic) bond motifs is 2.